The molecule has 1 amide bonds. The van der Waals surface area contributed by atoms with E-state index in [4.69, 9.17) is 10.00 Å². The zero-order valence-corrected chi connectivity index (χ0v) is 15.5. The highest BCUT2D eigenvalue weighted by Gasteiger charge is 2.09. The molecule has 0 aliphatic heterocycles. The van der Waals surface area contributed by atoms with Crippen LogP contribution in [0.15, 0.2) is 60.9 Å². The van der Waals surface area contributed by atoms with Gasteiger partial charge in [-0.1, -0.05) is 0 Å². The fourth-order valence-corrected chi connectivity index (χ4v) is 2.39. The molecule has 144 valence electrons. The monoisotopic (exact) mass is 387 g/mol. The molecule has 8 heteroatoms. The van der Waals surface area contributed by atoms with E-state index in [1.165, 1.54) is 12.4 Å². The highest BCUT2D eigenvalue weighted by atomic mass is 16.5. The van der Waals surface area contributed by atoms with Crippen molar-refractivity contribution in [2.45, 2.75) is 6.92 Å². The highest BCUT2D eigenvalue weighted by Crippen LogP contribution is 2.16. The van der Waals surface area contributed by atoms with Gasteiger partial charge < -0.3 is 15.4 Å². The van der Waals surface area contributed by atoms with Crippen LogP contribution < -0.4 is 10.6 Å². The van der Waals surface area contributed by atoms with E-state index in [0.717, 1.165) is 0 Å². The van der Waals surface area contributed by atoms with Crippen molar-refractivity contribution in [1.82, 2.24) is 9.97 Å². The predicted molar refractivity (Wildman–Crippen MR) is 107 cm³/mol. The summed E-state index contributed by atoms with van der Waals surface area (Å²) in [5.74, 6) is -0.340. The van der Waals surface area contributed by atoms with Gasteiger partial charge in [0, 0.05) is 11.4 Å². The smallest absolute Gasteiger partial charge is 0.338 e. The molecule has 0 spiro atoms. The summed E-state index contributed by atoms with van der Waals surface area (Å²) in [7, 11) is 0. The number of hydrogen-bond acceptors (Lipinski definition) is 7. The number of anilines is 3. The molecule has 0 saturated carbocycles. The van der Waals surface area contributed by atoms with Crippen molar-refractivity contribution in [1.29, 1.82) is 5.26 Å². The summed E-state index contributed by atoms with van der Waals surface area (Å²) in [5, 5.41) is 14.5. The summed E-state index contributed by atoms with van der Waals surface area (Å²) < 4.78 is 4.94. The zero-order valence-electron chi connectivity index (χ0n) is 15.5. The van der Waals surface area contributed by atoms with Gasteiger partial charge in [-0.05, 0) is 55.5 Å². The molecule has 29 heavy (non-hydrogen) atoms. The third-order valence-corrected chi connectivity index (χ3v) is 3.82. The Morgan fingerprint density at radius 3 is 2.28 bits per heavy atom. The van der Waals surface area contributed by atoms with Crippen molar-refractivity contribution in [3.63, 3.8) is 0 Å². The van der Waals surface area contributed by atoms with Crippen LogP contribution in [0, 0.1) is 11.3 Å². The lowest BCUT2D eigenvalue weighted by molar-refractivity contribution is 0.0526. The Bertz CT molecular complexity index is 1040. The van der Waals surface area contributed by atoms with E-state index in [2.05, 4.69) is 20.6 Å². The van der Waals surface area contributed by atoms with Crippen LogP contribution in [-0.2, 0) is 4.74 Å². The molecule has 3 rings (SSSR count). The van der Waals surface area contributed by atoms with Crippen LogP contribution in [0.1, 0.15) is 33.3 Å². The average molecular weight is 387 g/mol. The number of amides is 1. The van der Waals surface area contributed by atoms with Crippen molar-refractivity contribution >= 4 is 29.1 Å². The largest absolute Gasteiger partial charge is 0.462 e. The Morgan fingerprint density at radius 1 is 1.00 bits per heavy atom. The van der Waals surface area contributed by atoms with E-state index in [-0.39, 0.29) is 11.7 Å². The van der Waals surface area contributed by atoms with Gasteiger partial charge in [0.15, 0.2) is 0 Å². The third-order valence-electron chi connectivity index (χ3n) is 3.82. The molecule has 0 aliphatic rings. The number of esters is 1. The molecule has 2 N–H and O–H groups in total. The van der Waals surface area contributed by atoms with Gasteiger partial charge in [0.2, 0.25) is 0 Å². The minimum absolute atomic E-state index is 0.151. The highest BCUT2D eigenvalue weighted by molar-refractivity contribution is 6.02. The maximum absolute atomic E-state index is 12.2. The first-order valence-corrected chi connectivity index (χ1v) is 8.77. The molecule has 0 atom stereocenters. The summed E-state index contributed by atoms with van der Waals surface area (Å²) in [6.07, 6.45) is 2.79. The molecule has 1 heterocycles. The molecule has 0 aliphatic carbocycles. The maximum atomic E-state index is 12.2. The van der Waals surface area contributed by atoms with Crippen molar-refractivity contribution in [3.05, 3.63) is 77.7 Å². The molecular weight excluding hydrogens is 370 g/mol. The summed E-state index contributed by atoms with van der Waals surface area (Å²) in [6.45, 7) is 2.07. The fourth-order valence-electron chi connectivity index (χ4n) is 2.39. The second-order valence-electron chi connectivity index (χ2n) is 5.85. The van der Waals surface area contributed by atoms with Crippen LogP contribution in [0.5, 0.6) is 0 Å². The van der Waals surface area contributed by atoms with Gasteiger partial charge in [-0.2, -0.15) is 5.26 Å². The quantitative estimate of drug-likeness (QED) is 0.621. The van der Waals surface area contributed by atoms with Crippen LogP contribution in [0.2, 0.25) is 0 Å². The number of carbonyl (C=O) groups is 2. The predicted octanol–water partition coefficient (Wildman–Crippen LogP) is 3.52. The molecule has 0 bridgehead atoms. The van der Waals surface area contributed by atoms with Gasteiger partial charge in [0.1, 0.15) is 11.5 Å². The number of nitrogens with one attached hydrogen (secondary N) is 2. The number of nitriles is 1. The van der Waals surface area contributed by atoms with Crippen molar-refractivity contribution in [2.75, 3.05) is 17.2 Å². The number of aromatic nitrogens is 2. The molecule has 1 aromatic heterocycles. The molecule has 3 aromatic rings. The molecule has 0 unspecified atom stereocenters. The minimum Gasteiger partial charge on any atom is -0.462 e. The van der Waals surface area contributed by atoms with Crippen LogP contribution >= 0.6 is 0 Å². The zero-order chi connectivity index (χ0) is 20.6. The average Bonchev–Trinajstić information content (AvgIpc) is 2.75. The fraction of sp³-hybridized carbons (Fsp3) is 0.0952. The summed E-state index contributed by atoms with van der Waals surface area (Å²) >= 11 is 0. The van der Waals surface area contributed by atoms with Crippen LogP contribution in [0.4, 0.5) is 17.2 Å². The summed E-state index contributed by atoms with van der Waals surface area (Å²) in [6, 6.07) is 15.3. The van der Waals surface area contributed by atoms with E-state index in [1.807, 2.05) is 6.07 Å². The third kappa shape index (κ3) is 5.14. The Balaban J connectivity index is 1.61. The summed E-state index contributed by atoms with van der Waals surface area (Å²) in [4.78, 5) is 32.2. The number of ether oxygens (including phenoxy) is 1. The molecule has 0 fully saturated rings. The van der Waals surface area contributed by atoms with Gasteiger partial charge in [0.05, 0.1) is 36.2 Å². The lowest BCUT2D eigenvalue weighted by Gasteiger charge is -2.08. The SMILES string of the molecule is CCOC(=O)c1ccc(Nc2cnc(C(=O)Nc3ccc(C#N)cc3)cn2)cc1. The van der Waals surface area contributed by atoms with Gasteiger partial charge in [-0.25, -0.2) is 14.8 Å². The molecule has 0 saturated heterocycles. The molecule has 0 radical (unpaired) electrons. The molecular formula is C21H17N5O3. The van der Waals surface area contributed by atoms with Crippen molar-refractivity contribution in [3.8, 4) is 6.07 Å². The Labute approximate surface area is 167 Å². The van der Waals surface area contributed by atoms with Gasteiger partial charge in [-0.3, -0.25) is 4.79 Å². The number of benzene rings is 2. The topological polar surface area (TPSA) is 117 Å². The number of nitrogens with zero attached hydrogens (tertiary/aromatic N) is 3. The lowest BCUT2D eigenvalue weighted by atomic mass is 10.2. The first-order chi connectivity index (χ1) is 14.1. The summed E-state index contributed by atoms with van der Waals surface area (Å²) in [5.41, 5.74) is 2.38. The Morgan fingerprint density at radius 2 is 1.69 bits per heavy atom. The van der Waals surface area contributed by atoms with Crippen molar-refractivity contribution < 1.29 is 14.3 Å². The second-order valence-corrected chi connectivity index (χ2v) is 5.85. The standard InChI is InChI=1S/C21H17N5O3/c1-2-29-21(28)15-5-9-16(10-6-15)25-19-13-23-18(12-24-19)20(27)26-17-7-3-14(11-22)4-8-17/h3-10,12-13H,2H2,1H3,(H,24,25)(H,26,27). The van der Waals surface area contributed by atoms with E-state index in [9.17, 15) is 9.59 Å². The van der Waals surface area contributed by atoms with Crippen molar-refractivity contribution in [2.24, 2.45) is 0 Å². The normalized spacial score (nSPS) is 9.93. The molecule has 2 aromatic carbocycles. The van der Waals surface area contributed by atoms with Crippen LogP contribution in [0.25, 0.3) is 0 Å². The van der Waals surface area contributed by atoms with Gasteiger partial charge in [0.25, 0.3) is 5.91 Å². The van der Waals surface area contributed by atoms with Crippen LogP contribution in [-0.4, -0.2) is 28.5 Å². The second kappa shape index (κ2) is 9.10. The van der Waals surface area contributed by atoms with Crippen LogP contribution in [0.3, 0.4) is 0 Å². The first kappa shape index (κ1) is 19.5. The minimum atomic E-state index is -0.410. The number of carbonyl (C=O) groups excluding carboxylic acids is 2. The maximum Gasteiger partial charge on any atom is 0.338 e. The van der Waals surface area contributed by atoms with E-state index >= 15 is 0 Å². The number of hydrogen-bond donors (Lipinski definition) is 2. The first-order valence-electron chi connectivity index (χ1n) is 8.77. The van der Waals surface area contributed by atoms with Gasteiger partial charge in [-0.15, -0.1) is 0 Å². The Hall–Kier alpha value is -4.25. The van der Waals surface area contributed by atoms with E-state index in [1.54, 1.807) is 55.5 Å². The van der Waals surface area contributed by atoms with E-state index < -0.39 is 5.91 Å². The van der Waals surface area contributed by atoms with Gasteiger partial charge >= 0.3 is 5.97 Å². The lowest BCUT2D eigenvalue weighted by Crippen LogP contribution is -2.14. The van der Waals surface area contributed by atoms with E-state index in [0.29, 0.717) is 34.9 Å². The number of rotatable bonds is 6. The molecule has 8 nitrogen and oxygen atoms in total. The Kier molecular flexibility index (Phi) is 6.12.